The summed E-state index contributed by atoms with van der Waals surface area (Å²) in [4.78, 5) is 0. The molecular weight excluding hydrogens is 354 g/mol. The smallest absolute Gasteiger partial charge is 0.210 e. The van der Waals surface area contributed by atoms with Gasteiger partial charge in [0.2, 0.25) is 0 Å². The van der Waals surface area contributed by atoms with Crippen LogP contribution < -0.4 is 4.72 Å². The molecular formula is C7H9Br2NO2S2. The van der Waals surface area contributed by atoms with E-state index in [2.05, 4.69) is 36.6 Å². The number of halogens is 2. The molecule has 0 bridgehead atoms. The minimum atomic E-state index is -3.32. The number of hydrogen-bond acceptors (Lipinski definition) is 3. The molecule has 7 heteroatoms. The van der Waals surface area contributed by atoms with Crippen LogP contribution in [0, 0.1) is 0 Å². The molecule has 1 aromatic heterocycles. The number of sulfonamides is 1. The Labute approximate surface area is 104 Å². The molecule has 0 unspecified atom stereocenters. The summed E-state index contributed by atoms with van der Waals surface area (Å²) >= 11 is 7.64. The predicted octanol–water partition coefficient (Wildman–Crippen LogP) is 2.57. The number of hydrogen-bond donors (Lipinski definition) is 1. The van der Waals surface area contributed by atoms with Gasteiger partial charge in [-0.25, -0.2) is 13.1 Å². The zero-order chi connectivity index (χ0) is 10.6. The third-order valence-electron chi connectivity index (χ3n) is 1.43. The van der Waals surface area contributed by atoms with Crippen LogP contribution in [-0.2, 0) is 10.0 Å². The van der Waals surface area contributed by atoms with Gasteiger partial charge in [0.15, 0.2) is 0 Å². The molecule has 0 atom stereocenters. The monoisotopic (exact) mass is 361 g/mol. The average molecular weight is 363 g/mol. The van der Waals surface area contributed by atoms with Crippen LogP contribution in [-0.4, -0.2) is 20.3 Å². The van der Waals surface area contributed by atoms with Crippen molar-refractivity contribution >= 4 is 53.2 Å². The zero-order valence-corrected chi connectivity index (χ0v) is 12.0. The van der Waals surface area contributed by atoms with Gasteiger partial charge in [0, 0.05) is 16.3 Å². The lowest BCUT2D eigenvalue weighted by atomic mass is 10.5. The molecule has 80 valence electrons. The van der Waals surface area contributed by atoms with Crippen molar-refractivity contribution in [2.75, 3.05) is 11.9 Å². The molecule has 0 fully saturated rings. The zero-order valence-electron chi connectivity index (χ0n) is 7.16. The quantitative estimate of drug-likeness (QED) is 0.646. The summed E-state index contributed by atoms with van der Waals surface area (Å²) in [7, 11) is -3.32. The molecule has 1 heterocycles. The van der Waals surface area contributed by atoms with E-state index in [1.54, 1.807) is 11.4 Å². The van der Waals surface area contributed by atoms with Crippen LogP contribution in [0.5, 0.6) is 0 Å². The van der Waals surface area contributed by atoms with E-state index in [-0.39, 0.29) is 0 Å². The predicted molar refractivity (Wildman–Crippen MR) is 65.6 cm³/mol. The van der Waals surface area contributed by atoms with Crippen LogP contribution in [0.25, 0.3) is 0 Å². The summed E-state index contributed by atoms with van der Waals surface area (Å²) in [5.41, 5.74) is 0. The first-order chi connectivity index (χ1) is 6.58. The van der Waals surface area contributed by atoms with E-state index in [0.29, 0.717) is 15.2 Å². The van der Waals surface area contributed by atoms with E-state index < -0.39 is 10.0 Å². The Kier molecular flexibility index (Phi) is 5.05. The first-order valence-electron chi connectivity index (χ1n) is 3.86. The first-order valence-corrected chi connectivity index (χ1v) is 8.14. The van der Waals surface area contributed by atoms with Crippen LogP contribution >= 0.6 is 43.2 Å². The highest BCUT2D eigenvalue weighted by Crippen LogP contribution is 2.27. The van der Waals surface area contributed by atoms with E-state index in [1.807, 2.05) is 0 Å². The average Bonchev–Trinajstić information content (AvgIpc) is 2.52. The van der Waals surface area contributed by atoms with E-state index in [0.717, 1.165) is 11.8 Å². The number of nitrogens with one attached hydrogen (secondary N) is 1. The fourth-order valence-corrected chi connectivity index (χ4v) is 4.55. The Morgan fingerprint density at radius 3 is 2.71 bits per heavy atom. The largest absolute Gasteiger partial charge is 0.251 e. The van der Waals surface area contributed by atoms with Crippen LogP contribution in [0.1, 0.15) is 6.42 Å². The molecule has 0 radical (unpaired) electrons. The third kappa shape index (κ3) is 3.30. The van der Waals surface area contributed by atoms with Crippen LogP contribution in [0.4, 0.5) is 0 Å². The highest BCUT2D eigenvalue weighted by atomic mass is 79.9. The van der Waals surface area contributed by atoms with Gasteiger partial charge in [-0.1, -0.05) is 15.9 Å². The van der Waals surface area contributed by atoms with Crippen LogP contribution in [0.15, 0.2) is 20.1 Å². The second-order valence-corrected chi connectivity index (χ2v) is 7.02. The molecule has 3 nitrogen and oxygen atoms in total. The van der Waals surface area contributed by atoms with Crippen molar-refractivity contribution in [1.29, 1.82) is 0 Å². The minimum absolute atomic E-state index is 0.340. The van der Waals surface area contributed by atoms with Crippen molar-refractivity contribution < 1.29 is 8.42 Å². The van der Waals surface area contributed by atoms with E-state index >= 15 is 0 Å². The normalized spacial score (nSPS) is 11.9. The Hall–Kier alpha value is 0.570. The van der Waals surface area contributed by atoms with Gasteiger partial charge in [0.1, 0.15) is 4.21 Å². The van der Waals surface area contributed by atoms with Gasteiger partial charge in [-0.3, -0.25) is 0 Å². The first kappa shape index (κ1) is 12.6. The molecule has 0 aliphatic rings. The molecule has 1 aromatic rings. The lowest BCUT2D eigenvalue weighted by Gasteiger charge is -2.03. The van der Waals surface area contributed by atoms with Crippen LogP contribution in [0.2, 0.25) is 0 Å². The molecule has 0 amide bonds. The summed E-state index contributed by atoms with van der Waals surface area (Å²) in [6, 6.07) is 1.73. The fourth-order valence-electron chi connectivity index (χ4n) is 0.810. The van der Waals surface area contributed by atoms with Gasteiger partial charge < -0.3 is 0 Å². The molecule has 1 N–H and O–H groups in total. The third-order valence-corrected chi connectivity index (χ3v) is 6.12. The Balaban J connectivity index is 2.72. The minimum Gasteiger partial charge on any atom is -0.210 e. The van der Waals surface area contributed by atoms with Crippen molar-refractivity contribution in [3.05, 3.63) is 15.9 Å². The van der Waals surface area contributed by atoms with E-state index in [9.17, 15) is 8.42 Å². The van der Waals surface area contributed by atoms with Crippen molar-refractivity contribution in [1.82, 2.24) is 4.72 Å². The highest BCUT2D eigenvalue weighted by Gasteiger charge is 2.17. The van der Waals surface area contributed by atoms with Gasteiger partial charge in [-0.05, 0) is 33.8 Å². The lowest BCUT2D eigenvalue weighted by Crippen LogP contribution is -2.24. The maximum Gasteiger partial charge on any atom is 0.251 e. The highest BCUT2D eigenvalue weighted by molar-refractivity contribution is 9.10. The summed E-state index contributed by atoms with van der Waals surface area (Å²) < 4.78 is 26.8. The molecule has 14 heavy (non-hydrogen) atoms. The molecule has 1 rings (SSSR count). The van der Waals surface area contributed by atoms with Gasteiger partial charge in [0.05, 0.1) is 0 Å². The molecule has 0 saturated carbocycles. The SMILES string of the molecule is O=S(=O)(NCCCBr)c1sccc1Br. The Morgan fingerprint density at radius 2 is 2.21 bits per heavy atom. The Morgan fingerprint density at radius 1 is 1.50 bits per heavy atom. The lowest BCUT2D eigenvalue weighted by molar-refractivity contribution is 0.583. The Bertz CT molecular complexity index is 388. The summed E-state index contributed by atoms with van der Waals surface area (Å²) in [5.74, 6) is 0. The van der Waals surface area contributed by atoms with Gasteiger partial charge in [0.25, 0.3) is 10.0 Å². The molecule has 0 aromatic carbocycles. The summed E-state index contributed by atoms with van der Waals surface area (Å²) in [5, 5.41) is 2.53. The summed E-state index contributed by atoms with van der Waals surface area (Å²) in [6.07, 6.45) is 0.780. The van der Waals surface area contributed by atoms with Crippen LogP contribution in [0.3, 0.4) is 0 Å². The number of alkyl halides is 1. The number of thiophene rings is 1. The van der Waals surface area contributed by atoms with E-state index in [4.69, 9.17) is 0 Å². The van der Waals surface area contributed by atoms with E-state index in [1.165, 1.54) is 11.3 Å². The van der Waals surface area contributed by atoms with Crippen molar-refractivity contribution in [2.45, 2.75) is 10.6 Å². The maximum absolute atomic E-state index is 11.6. The molecule has 0 aliphatic carbocycles. The molecule has 0 spiro atoms. The van der Waals surface area contributed by atoms with Crippen molar-refractivity contribution in [3.63, 3.8) is 0 Å². The molecule has 0 saturated heterocycles. The number of rotatable bonds is 5. The standard InChI is InChI=1S/C7H9Br2NO2S2/c8-3-1-4-10-14(11,12)7-6(9)2-5-13-7/h2,5,10H,1,3-4H2. The van der Waals surface area contributed by atoms with Crippen molar-refractivity contribution in [3.8, 4) is 0 Å². The summed E-state index contributed by atoms with van der Waals surface area (Å²) in [6.45, 7) is 0.456. The second-order valence-electron chi connectivity index (χ2n) is 2.50. The second kappa shape index (κ2) is 5.60. The van der Waals surface area contributed by atoms with Crippen molar-refractivity contribution in [2.24, 2.45) is 0 Å². The maximum atomic E-state index is 11.6. The van der Waals surface area contributed by atoms with Gasteiger partial charge in [-0.15, -0.1) is 11.3 Å². The fraction of sp³-hybridized carbons (Fsp3) is 0.429. The van der Waals surface area contributed by atoms with Gasteiger partial charge in [-0.2, -0.15) is 0 Å². The van der Waals surface area contributed by atoms with Gasteiger partial charge >= 0.3 is 0 Å². The topological polar surface area (TPSA) is 46.2 Å². The molecule has 0 aliphatic heterocycles.